The van der Waals surface area contributed by atoms with Crippen molar-refractivity contribution in [3.05, 3.63) is 58.2 Å². The minimum Gasteiger partial charge on any atom is -0.458 e. The number of para-hydroxylation sites is 1. The van der Waals surface area contributed by atoms with E-state index in [-0.39, 0.29) is 11.8 Å². The molecule has 3 aromatic rings. The molecule has 33 heavy (non-hydrogen) atoms. The number of aromatic nitrogens is 1. The first-order valence-electron chi connectivity index (χ1n) is 10.9. The number of fused-ring (bicyclic) bond motifs is 1. The lowest BCUT2D eigenvalue weighted by molar-refractivity contribution is -0.156. The molecular formula is C26H26Cl2N2O3. The van der Waals surface area contributed by atoms with Crippen molar-refractivity contribution in [1.29, 1.82) is 0 Å². The molecule has 4 rings (SSSR count). The van der Waals surface area contributed by atoms with Gasteiger partial charge in [0, 0.05) is 33.7 Å². The van der Waals surface area contributed by atoms with Gasteiger partial charge in [0.15, 0.2) is 5.78 Å². The first-order valence-corrected chi connectivity index (χ1v) is 11.7. The van der Waals surface area contributed by atoms with Gasteiger partial charge in [-0.3, -0.25) is 9.78 Å². The highest BCUT2D eigenvalue weighted by molar-refractivity contribution is 6.35. The topological polar surface area (TPSA) is 59.5 Å². The van der Waals surface area contributed by atoms with Crippen LogP contribution in [-0.2, 0) is 9.53 Å². The van der Waals surface area contributed by atoms with E-state index < -0.39 is 11.6 Å². The van der Waals surface area contributed by atoms with Crippen LogP contribution in [0.15, 0.2) is 42.6 Å². The highest BCUT2D eigenvalue weighted by Crippen LogP contribution is 2.39. The molecular weight excluding hydrogens is 459 g/mol. The van der Waals surface area contributed by atoms with Crippen molar-refractivity contribution in [1.82, 2.24) is 4.98 Å². The lowest BCUT2D eigenvalue weighted by Crippen LogP contribution is -2.41. The van der Waals surface area contributed by atoms with Gasteiger partial charge in [-0.1, -0.05) is 41.4 Å². The van der Waals surface area contributed by atoms with Crippen molar-refractivity contribution in [2.75, 3.05) is 11.4 Å². The zero-order valence-corrected chi connectivity index (χ0v) is 20.6. The number of hydrogen-bond acceptors (Lipinski definition) is 5. The molecule has 1 aliphatic rings. The van der Waals surface area contributed by atoms with Crippen molar-refractivity contribution >= 4 is 51.5 Å². The lowest BCUT2D eigenvalue weighted by atomic mass is 9.98. The maximum Gasteiger partial charge on any atom is 0.329 e. The summed E-state index contributed by atoms with van der Waals surface area (Å²) in [4.78, 5) is 32.3. The quantitative estimate of drug-likeness (QED) is 0.303. The summed E-state index contributed by atoms with van der Waals surface area (Å²) in [5.74, 6) is -0.386. The second kappa shape index (κ2) is 8.96. The predicted octanol–water partition coefficient (Wildman–Crippen LogP) is 6.72. The molecule has 7 heteroatoms. The number of nitrogens with zero attached hydrogens (tertiary/aromatic N) is 2. The molecule has 0 spiro atoms. The second-order valence-electron chi connectivity index (χ2n) is 9.32. The van der Waals surface area contributed by atoms with Gasteiger partial charge in [-0.05, 0) is 64.3 Å². The number of carbonyl (C=O) groups is 2. The largest absolute Gasteiger partial charge is 0.458 e. The lowest BCUT2D eigenvalue weighted by Gasteiger charge is -2.30. The highest BCUT2D eigenvalue weighted by atomic mass is 35.5. The zero-order chi connectivity index (χ0) is 23.9. The van der Waals surface area contributed by atoms with Crippen LogP contribution in [0.25, 0.3) is 22.0 Å². The summed E-state index contributed by atoms with van der Waals surface area (Å²) in [5.41, 5.74) is 3.01. The van der Waals surface area contributed by atoms with E-state index in [4.69, 9.17) is 27.9 Å². The summed E-state index contributed by atoms with van der Waals surface area (Å²) >= 11 is 12.5. The van der Waals surface area contributed by atoms with Gasteiger partial charge in [-0.25, -0.2) is 4.79 Å². The molecule has 1 atom stereocenters. The SMILES string of the molecule is CC(=O)c1cnc2c(-c3cc(Cl)cc(Cl)c3)cccc2c1N1CCC[C@H]1C(=O)OC(C)(C)C. The van der Waals surface area contributed by atoms with E-state index in [0.717, 1.165) is 28.6 Å². The molecule has 1 aromatic heterocycles. The summed E-state index contributed by atoms with van der Waals surface area (Å²) < 4.78 is 5.69. The van der Waals surface area contributed by atoms with Crippen molar-refractivity contribution in [2.24, 2.45) is 0 Å². The number of carbonyl (C=O) groups excluding carboxylic acids is 2. The van der Waals surface area contributed by atoms with Crippen LogP contribution in [0.3, 0.4) is 0 Å². The van der Waals surface area contributed by atoms with Crippen molar-refractivity contribution in [3.63, 3.8) is 0 Å². The first kappa shape index (κ1) is 23.5. The Labute approximate surface area is 203 Å². The Balaban J connectivity index is 1.91. The van der Waals surface area contributed by atoms with Crippen LogP contribution in [0.5, 0.6) is 0 Å². The molecule has 1 aliphatic heterocycles. The number of pyridine rings is 1. The third-order valence-electron chi connectivity index (χ3n) is 5.64. The normalized spacial score (nSPS) is 16.3. The fraction of sp³-hybridized carbons (Fsp3) is 0.346. The van der Waals surface area contributed by atoms with E-state index in [9.17, 15) is 9.59 Å². The van der Waals surface area contributed by atoms with Crippen molar-refractivity contribution < 1.29 is 14.3 Å². The van der Waals surface area contributed by atoms with Crippen LogP contribution in [-0.4, -0.2) is 34.9 Å². The van der Waals surface area contributed by atoms with E-state index in [0.29, 0.717) is 34.1 Å². The fourth-order valence-corrected chi connectivity index (χ4v) is 4.89. The van der Waals surface area contributed by atoms with Gasteiger partial charge in [0.05, 0.1) is 16.8 Å². The number of ether oxygens (including phenoxy) is 1. The van der Waals surface area contributed by atoms with Crippen LogP contribution in [0.4, 0.5) is 5.69 Å². The highest BCUT2D eigenvalue weighted by Gasteiger charge is 2.36. The standard InChI is InChI=1S/C26H26Cl2N2O3/c1-15(31)21-14-29-23-19(16-11-17(27)13-18(28)12-16)7-5-8-20(23)24(21)30-10-6-9-22(30)25(32)33-26(2,3)4/h5,7-8,11-14,22H,6,9-10H2,1-4H3/t22-/m0/s1. The van der Waals surface area contributed by atoms with Gasteiger partial charge in [-0.15, -0.1) is 0 Å². The Hall–Kier alpha value is -2.63. The molecule has 0 bridgehead atoms. The van der Waals surface area contributed by atoms with Gasteiger partial charge in [-0.2, -0.15) is 0 Å². The van der Waals surface area contributed by atoms with E-state index >= 15 is 0 Å². The van der Waals surface area contributed by atoms with E-state index in [1.165, 1.54) is 6.92 Å². The van der Waals surface area contributed by atoms with E-state index in [2.05, 4.69) is 4.98 Å². The van der Waals surface area contributed by atoms with Gasteiger partial charge in [0.25, 0.3) is 0 Å². The minimum atomic E-state index is -0.589. The first-order chi connectivity index (χ1) is 15.5. The molecule has 1 saturated heterocycles. The Morgan fingerprint density at radius 2 is 1.82 bits per heavy atom. The molecule has 0 unspecified atom stereocenters. The van der Waals surface area contributed by atoms with E-state index in [1.54, 1.807) is 12.3 Å². The van der Waals surface area contributed by atoms with Crippen molar-refractivity contribution in [3.8, 4) is 11.1 Å². The minimum absolute atomic E-state index is 0.106. The third kappa shape index (κ3) is 4.85. The number of anilines is 1. The maximum absolute atomic E-state index is 13.0. The Morgan fingerprint density at radius 1 is 1.12 bits per heavy atom. The van der Waals surface area contributed by atoms with Crippen LogP contribution in [0.2, 0.25) is 10.0 Å². The molecule has 2 heterocycles. The Bertz CT molecular complexity index is 1230. The number of rotatable bonds is 4. The maximum atomic E-state index is 13.0. The molecule has 172 valence electrons. The predicted molar refractivity (Wildman–Crippen MR) is 133 cm³/mol. The molecule has 0 N–H and O–H groups in total. The smallest absolute Gasteiger partial charge is 0.329 e. The monoisotopic (exact) mass is 484 g/mol. The Morgan fingerprint density at radius 3 is 2.45 bits per heavy atom. The summed E-state index contributed by atoms with van der Waals surface area (Å²) in [6, 6.07) is 10.7. The molecule has 0 radical (unpaired) electrons. The number of halogens is 2. The van der Waals surface area contributed by atoms with Gasteiger partial charge < -0.3 is 9.64 Å². The second-order valence-corrected chi connectivity index (χ2v) is 10.2. The molecule has 1 fully saturated rings. The molecule has 0 amide bonds. The molecule has 0 aliphatic carbocycles. The third-order valence-corrected chi connectivity index (χ3v) is 6.08. The summed E-state index contributed by atoms with van der Waals surface area (Å²) in [6.07, 6.45) is 3.09. The van der Waals surface area contributed by atoms with Gasteiger partial charge >= 0.3 is 5.97 Å². The van der Waals surface area contributed by atoms with Crippen LogP contribution >= 0.6 is 23.2 Å². The van der Waals surface area contributed by atoms with Crippen LogP contribution in [0, 0.1) is 0 Å². The summed E-state index contributed by atoms with van der Waals surface area (Å²) in [7, 11) is 0. The summed E-state index contributed by atoms with van der Waals surface area (Å²) in [6.45, 7) is 7.74. The Kier molecular flexibility index (Phi) is 6.39. The average Bonchev–Trinajstić information content (AvgIpc) is 3.20. The number of ketones is 1. The number of Topliss-reactive ketones (excluding diaryl/α,β-unsaturated/α-hetero) is 1. The number of hydrogen-bond donors (Lipinski definition) is 0. The summed E-state index contributed by atoms with van der Waals surface area (Å²) in [5, 5.41) is 1.85. The van der Waals surface area contributed by atoms with Crippen LogP contribution in [0.1, 0.15) is 50.9 Å². The van der Waals surface area contributed by atoms with Crippen molar-refractivity contribution in [2.45, 2.75) is 52.2 Å². The van der Waals surface area contributed by atoms with Gasteiger partial charge in [0.1, 0.15) is 11.6 Å². The average molecular weight is 485 g/mol. The number of esters is 1. The van der Waals surface area contributed by atoms with Gasteiger partial charge in [0.2, 0.25) is 0 Å². The molecule has 2 aromatic carbocycles. The van der Waals surface area contributed by atoms with E-state index in [1.807, 2.05) is 56.0 Å². The zero-order valence-electron chi connectivity index (χ0n) is 19.1. The fourth-order valence-electron chi connectivity index (χ4n) is 4.37. The molecule has 5 nitrogen and oxygen atoms in total. The molecule has 0 saturated carbocycles. The van der Waals surface area contributed by atoms with Crippen LogP contribution < -0.4 is 4.90 Å². The number of benzene rings is 2.